The fourth-order valence-corrected chi connectivity index (χ4v) is 4.80. The fourth-order valence-electron chi connectivity index (χ4n) is 4.44. The molecular weight excluding hydrogens is 551 g/mol. The van der Waals surface area contributed by atoms with Crippen LogP contribution in [0.25, 0.3) is 11.0 Å². The second-order valence-electron chi connectivity index (χ2n) is 8.71. The predicted octanol–water partition coefficient (Wildman–Crippen LogP) is 7.50. The highest BCUT2D eigenvalue weighted by Crippen LogP contribution is 2.43. The van der Waals surface area contributed by atoms with E-state index in [0.29, 0.717) is 22.4 Å². The molecule has 0 bridgehead atoms. The zero-order chi connectivity index (χ0) is 26.3. The molecule has 1 aliphatic rings. The normalized spacial score (nSPS) is 15.3. The van der Waals surface area contributed by atoms with E-state index in [1.165, 1.54) is 17.0 Å². The molecule has 1 aromatic heterocycles. The Labute approximate surface area is 218 Å². The van der Waals surface area contributed by atoms with E-state index in [-0.39, 0.29) is 28.0 Å². The number of hydrogen-bond acceptors (Lipinski definition) is 4. The first-order valence-electron chi connectivity index (χ1n) is 11.7. The minimum atomic E-state index is -4.60. The topological polar surface area (TPSA) is 59.8 Å². The molecule has 9 heteroatoms. The number of unbranched alkanes of at least 4 members (excludes halogenated alkanes) is 1. The molecule has 1 unspecified atom stereocenters. The third-order valence-electron chi connectivity index (χ3n) is 6.25. The van der Waals surface area contributed by atoms with Crippen molar-refractivity contribution in [3.05, 3.63) is 104 Å². The van der Waals surface area contributed by atoms with Gasteiger partial charge in [0.2, 0.25) is 5.76 Å². The summed E-state index contributed by atoms with van der Waals surface area (Å²) in [7, 11) is 0. The van der Waals surface area contributed by atoms with Gasteiger partial charge in [-0.1, -0.05) is 47.5 Å². The Morgan fingerprint density at radius 3 is 2.49 bits per heavy atom. The molecule has 1 atom stereocenters. The number of benzene rings is 3. The van der Waals surface area contributed by atoms with Crippen molar-refractivity contribution in [3.8, 4) is 5.75 Å². The summed E-state index contributed by atoms with van der Waals surface area (Å²) in [6, 6.07) is 15.2. The van der Waals surface area contributed by atoms with Gasteiger partial charge < -0.3 is 9.15 Å². The van der Waals surface area contributed by atoms with Gasteiger partial charge >= 0.3 is 6.18 Å². The molecule has 0 saturated carbocycles. The fraction of sp³-hybridized carbons (Fsp3) is 0.214. The van der Waals surface area contributed by atoms with Crippen LogP contribution in [-0.4, -0.2) is 12.5 Å². The van der Waals surface area contributed by atoms with Crippen LogP contribution in [0.4, 0.5) is 18.9 Å². The first kappa shape index (κ1) is 25.1. The van der Waals surface area contributed by atoms with Crippen LogP contribution in [0.15, 0.2) is 80.4 Å². The summed E-state index contributed by atoms with van der Waals surface area (Å²) in [5, 5.41) is 0.260. The maximum atomic E-state index is 13.7. The highest BCUT2D eigenvalue weighted by molar-refractivity contribution is 9.10. The van der Waals surface area contributed by atoms with Gasteiger partial charge in [0.1, 0.15) is 11.3 Å². The van der Waals surface area contributed by atoms with Crippen molar-refractivity contribution in [2.24, 2.45) is 0 Å². The number of amides is 1. The highest BCUT2D eigenvalue weighted by atomic mass is 79.9. The van der Waals surface area contributed by atoms with Crippen LogP contribution >= 0.6 is 15.9 Å². The van der Waals surface area contributed by atoms with Gasteiger partial charge in [-0.3, -0.25) is 14.5 Å². The number of alkyl halides is 3. The van der Waals surface area contributed by atoms with Gasteiger partial charge in [-0.05, 0) is 60.5 Å². The van der Waals surface area contributed by atoms with Crippen molar-refractivity contribution < 1.29 is 27.1 Å². The van der Waals surface area contributed by atoms with Crippen molar-refractivity contribution >= 4 is 38.5 Å². The van der Waals surface area contributed by atoms with E-state index in [9.17, 15) is 22.8 Å². The van der Waals surface area contributed by atoms with E-state index in [0.717, 1.165) is 25.0 Å². The molecule has 5 rings (SSSR count). The number of anilines is 1. The Hall–Kier alpha value is -3.59. The third-order valence-corrected chi connectivity index (χ3v) is 6.74. The zero-order valence-electron chi connectivity index (χ0n) is 19.6. The lowest BCUT2D eigenvalue weighted by atomic mass is 9.98. The first-order chi connectivity index (χ1) is 17.7. The Morgan fingerprint density at radius 1 is 1.03 bits per heavy atom. The first-order valence-corrected chi connectivity index (χ1v) is 12.5. The van der Waals surface area contributed by atoms with Crippen LogP contribution in [0, 0.1) is 0 Å². The summed E-state index contributed by atoms with van der Waals surface area (Å²) in [4.78, 5) is 28.5. The molecule has 5 nitrogen and oxygen atoms in total. The maximum absolute atomic E-state index is 13.7. The van der Waals surface area contributed by atoms with Crippen LogP contribution in [0.2, 0.25) is 0 Å². The lowest BCUT2D eigenvalue weighted by molar-refractivity contribution is -0.137. The zero-order valence-corrected chi connectivity index (χ0v) is 21.2. The Kier molecular flexibility index (Phi) is 6.58. The lowest BCUT2D eigenvalue weighted by Crippen LogP contribution is -2.29. The van der Waals surface area contributed by atoms with Gasteiger partial charge in [-0.25, -0.2) is 0 Å². The molecule has 3 aromatic carbocycles. The average molecular weight is 572 g/mol. The van der Waals surface area contributed by atoms with E-state index in [1.807, 2.05) is 0 Å². The number of fused-ring (bicyclic) bond motifs is 2. The number of nitrogens with zero attached hydrogens (tertiary/aromatic N) is 1. The van der Waals surface area contributed by atoms with Gasteiger partial charge in [0.05, 0.1) is 29.2 Å². The summed E-state index contributed by atoms with van der Waals surface area (Å²) in [6.07, 6.45) is -2.74. The summed E-state index contributed by atoms with van der Waals surface area (Å²) in [5.41, 5.74) is -0.496. The molecule has 190 valence electrons. The van der Waals surface area contributed by atoms with Crippen LogP contribution in [0.5, 0.6) is 5.75 Å². The Morgan fingerprint density at radius 2 is 1.78 bits per heavy atom. The van der Waals surface area contributed by atoms with Crippen molar-refractivity contribution in [3.63, 3.8) is 0 Å². The van der Waals surface area contributed by atoms with E-state index in [2.05, 4.69) is 22.9 Å². The highest BCUT2D eigenvalue weighted by Gasteiger charge is 2.44. The van der Waals surface area contributed by atoms with Gasteiger partial charge in [-0.2, -0.15) is 13.2 Å². The number of carbonyl (C=O) groups excluding carboxylic acids is 1. The molecule has 37 heavy (non-hydrogen) atoms. The summed E-state index contributed by atoms with van der Waals surface area (Å²) in [6.45, 7) is 2.60. The SMILES string of the molecule is CCCCOc1ccc(C2c3c(oc4ccc(Br)cc4c3=O)C(=O)N2c2cccc(C(F)(F)F)c2)cc1. The minimum absolute atomic E-state index is 0.00383. The van der Waals surface area contributed by atoms with Crippen LogP contribution in [-0.2, 0) is 6.18 Å². The molecular formula is C28H21BrF3NO4. The second-order valence-corrected chi connectivity index (χ2v) is 9.63. The van der Waals surface area contributed by atoms with E-state index in [1.54, 1.807) is 42.5 Å². The van der Waals surface area contributed by atoms with Crippen LogP contribution in [0.3, 0.4) is 0 Å². The summed E-state index contributed by atoms with van der Waals surface area (Å²) >= 11 is 3.35. The molecule has 4 aromatic rings. The van der Waals surface area contributed by atoms with Crippen molar-refractivity contribution in [2.75, 3.05) is 11.5 Å². The largest absolute Gasteiger partial charge is 0.494 e. The number of ether oxygens (including phenoxy) is 1. The van der Waals surface area contributed by atoms with E-state index in [4.69, 9.17) is 9.15 Å². The molecule has 0 spiro atoms. The van der Waals surface area contributed by atoms with Crippen molar-refractivity contribution in [1.29, 1.82) is 0 Å². The maximum Gasteiger partial charge on any atom is 0.416 e. The monoisotopic (exact) mass is 571 g/mol. The predicted molar refractivity (Wildman–Crippen MR) is 137 cm³/mol. The smallest absolute Gasteiger partial charge is 0.416 e. The van der Waals surface area contributed by atoms with Gasteiger partial charge in [-0.15, -0.1) is 0 Å². The number of carbonyl (C=O) groups is 1. The molecule has 2 heterocycles. The molecule has 0 N–H and O–H groups in total. The molecule has 0 fully saturated rings. The number of hydrogen-bond donors (Lipinski definition) is 0. The average Bonchev–Trinajstić information content (AvgIpc) is 3.17. The van der Waals surface area contributed by atoms with E-state index >= 15 is 0 Å². The number of halogens is 4. The van der Waals surface area contributed by atoms with Crippen LogP contribution in [0.1, 0.15) is 53.1 Å². The molecule has 1 aliphatic heterocycles. The lowest BCUT2D eigenvalue weighted by Gasteiger charge is -2.26. The Balaban J connectivity index is 1.69. The Bertz CT molecular complexity index is 1550. The van der Waals surface area contributed by atoms with Gasteiger partial charge in [0.25, 0.3) is 5.91 Å². The minimum Gasteiger partial charge on any atom is -0.494 e. The summed E-state index contributed by atoms with van der Waals surface area (Å²) < 4.78 is 52.8. The van der Waals surface area contributed by atoms with Gasteiger partial charge in [0, 0.05) is 10.2 Å². The van der Waals surface area contributed by atoms with Gasteiger partial charge in [0.15, 0.2) is 5.43 Å². The molecule has 0 saturated heterocycles. The van der Waals surface area contributed by atoms with E-state index < -0.39 is 29.1 Å². The number of rotatable bonds is 6. The summed E-state index contributed by atoms with van der Waals surface area (Å²) in [5.74, 6) is -0.267. The quantitative estimate of drug-likeness (QED) is 0.225. The van der Waals surface area contributed by atoms with Crippen molar-refractivity contribution in [1.82, 2.24) is 0 Å². The van der Waals surface area contributed by atoms with Crippen LogP contribution < -0.4 is 15.1 Å². The molecule has 0 aliphatic carbocycles. The molecule has 0 radical (unpaired) electrons. The molecule has 1 amide bonds. The van der Waals surface area contributed by atoms with Crippen molar-refractivity contribution in [2.45, 2.75) is 32.0 Å². The third kappa shape index (κ3) is 4.64. The second kappa shape index (κ2) is 9.70. The standard InChI is InChI=1S/C28H21BrF3NO4/c1-2-3-13-36-20-10-7-16(8-11-20)24-23-25(34)21-15-18(29)9-12-22(21)37-26(23)27(35)33(24)19-6-4-5-17(14-19)28(30,31)32/h4-12,14-15,24H,2-3,13H2,1H3.